The van der Waals surface area contributed by atoms with Crippen LogP contribution in [0.4, 0.5) is 0 Å². The summed E-state index contributed by atoms with van der Waals surface area (Å²) >= 11 is 0. The van der Waals surface area contributed by atoms with Gasteiger partial charge in [0.25, 0.3) is 0 Å². The van der Waals surface area contributed by atoms with Crippen LogP contribution < -0.4 is 5.32 Å². The fourth-order valence-corrected chi connectivity index (χ4v) is 2.62. The van der Waals surface area contributed by atoms with Gasteiger partial charge in [0.1, 0.15) is 12.1 Å². The summed E-state index contributed by atoms with van der Waals surface area (Å²) in [4.78, 5) is 11.3. The SMILES string of the molecule is C=CCOC(OC1COC(c2ccccc2)O[C@@H]1C)[C@H](CO)NC(C)=O. The minimum atomic E-state index is -0.852. The average Bonchev–Trinajstić information content (AvgIpc) is 2.65. The maximum atomic E-state index is 11.3. The van der Waals surface area contributed by atoms with E-state index in [0.717, 1.165) is 5.56 Å². The van der Waals surface area contributed by atoms with E-state index in [1.165, 1.54) is 6.92 Å². The van der Waals surface area contributed by atoms with E-state index in [1.54, 1.807) is 6.08 Å². The molecule has 26 heavy (non-hydrogen) atoms. The zero-order chi connectivity index (χ0) is 18.9. The van der Waals surface area contributed by atoms with Crippen LogP contribution in [0.3, 0.4) is 0 Å². The summed E-state index contributed by atoms with van der Waals surface area (Å²) in [5, 5.41) is 12.2. The number of benzene rings is 1. The Bertz CT molecular complexity index is 566. The van der Waals surface area contributed by atoms with Gasteiger partial charge in [-0.2, -0.15) is 0 Å². The summed E-state index contributed by atoms with van der Waals surface area (Å²) < 4.78 is 23.2. The second-order valence-corrected chi connectivity index (χ2v) is 6.07. The molecule has 7 nitrogen and oxygen atoms in total. The number of hydrogen-bond acceptors (Lipinski definition) is 6. The minimum Gasteiger partial charge on any atom is -0.394 e. The number of carbonyl (C=O) groups is 1. The molecular weight excluding hydrogens is 338 g/mol. The van der Waals surface area contributed by atoms with Crippen molar-refractivity contribution in [2.45, 2.75) is 44.7 Å². The zero-order valence-corrected chi connectivity index (χ0v) is 15.2. The van der Waals surface area contributed by atoms with Gasteiger partial charge in [-0.3, -0.25) is 4.79 Å². The smallest absolute Gasteiger partial charge is 0.217 e. The molecule has 1 fully saturated rings. The van der Waals surface area contributed by atoms with Crippen molar-refractivity contribution in [1.82, 2.24) is 5.32 Å². The first-order valence-electron chi connectivity index (χ1n) is 8.63. The molecule has 0 spiro atoms. The Hall–Kier alpha value is -1.77. The molecule has 0 aromatic heterocycles. The predicted octanol–water partition coefficient (Wildman–Crippen LogP) is 1.53. The van der Waals surface area contributed by atoms with Crippen LogP contribution in [-0.2, 0) is 23.7 Å². The predicted molar refractivity (Wildman–Crippen MR) is 95.2 cm³/mol. The summed E-state index contributed by atoms with van der Waals surface area (Å²) in [5.41, 5.74) is 0.934. The number of aliphatic hydroxyl groups is 1. The highest BCUT2D eigenvalue weighted by Gasteiger charge is 2.35. The van der Waals surface area contributed by atoms with Gasteiger partial charge in [-0.15, -0.1) is 6.58 Å². The monoisotopic (exact) mass is 365 g/mol. The van der Waals surface area contributed by atoms with Crippen molar-refractivity contribution in [3.63, 3.8) is 0 Å². The lowest BCUT2D eigenvalue weighted by Gasteiger charge is -2.37. The first kappa shape index (κ1) is 20.5. The Morgan fingerprint density at radius 3 is 2.77 bits per heavy atom. The number of aliphatic hydroxyl groups excluding tert-OH is 1. The van der Waals surface area contributed by atoms with E-state index in [2.05, 4.69) is 11.9 Å². The molecule has 1 aromatic carbocycles. The van der Waals surface area contributed by atoms with Crippen molar-refractivity contribution in [2.75, 3.05) is 19.8 Å². The van der Waals surface area contributed by atoms with Crippen LogP contribution >= 0.6 is 0 Å². The highest BCUT2D eigenvalue weighted by Crippen LogP contribution is 2.28. The van der Waals surface area contributed by atoms with Gasteiger partial charge in [-0.1, -0.05) is 36.4 Å². The van der Waals surface area contributed by atoms with Crippen molar-refractivity contribution in [3.05, 3.63) is 48.6 Å². The Morgan fingerprint density at radius 1 is 1.46 bits per heavy atom. The number of ether oxygens (including phenoxy) is 4. The van der Waals surface area contributed by atoms with Crippen molar-refractivity contribution in [1.29, 1.82) is 0 Å². The van der Waals surface area contributed by atoms with E-state index in [-0.39, 0.29) is 25.2 Å². The minimum absolute atomic E-state index is 0.218. The molecule has 0 aliphatic carbocycles. The zero-order valence-electron chi connectivity index (χ0n) is 15.2. The Balaban J connectivity index is 1.99. The van der Waals surface area contributed by atoms with Gasteiger partial charge in [-0.25, -0.2) is 0 Å². The molecule has 5 atom stereocenters. The summed E-state index contributed by atoms with van der Waals surface area (Å²) in [5.74, 6) is -0.284. The van der Waals surface area contributed by atoms with Crippen molar-refractivity contribution >= 4 is 5.91 Å². The molecule has 0 saturated carbocycles. The van der Waals surface area contributed by atoms with Crippen LogP contribution in [0.2, 0.25) is 0 Å². The highest BCUT2D eigenvalue weighted by atomic mass is 16.7. The Kier molecular flexibility index (Phi) is 8.21. The molecule has 0 radical (unpaired) electrons. The number of nitrogens with one attached hydrogen (secondary N) is 1. The molecule has 144 valence electrons. The molecule has 3 unspecified atom stereocenters. The average molecular weight is 365 g/mol. The Labute approximate surface area is 153 Å². The van der Waals surface area contributed by atoms with Gasteiger partial charge in [-0.05, 0) is 6.92 Å². The lowest BCUT2D eigenvalue weighted by Crippen LogP contribution is -2.51. The molecular formula is C19H27NO6. The highest BCUT2D eigenvalue weighted by molar-refractivity contribution is 5.73. The van der Waals surface area contributed by atoms with Gasteiger partial charge in [0.05, 0.1) is 25.9 Å². The third-order valence-corrected chi connectivity index (χ3v) is 3.95. The summed E-state index contributed by atoms with van der Waals surface area (Å²) in [7, 11) is 0. The molecule has 2 rings (SSSR count). The van der Waals surface area contributed by atoms with Crippen LogP contribution in [0.25, 0.3) is 0 Å². The third-order valence-electron chi connectivity index (χ3n) is 3.95. The normalized spacial score (nSPS) is 25.3. The quantitative estimate of drug-likeness (QED) is 0.510. The summed E-state index contributed by atoms with van der Waals surface area (Å²) in [6.45, 7) is 7.06. The van der Waals surface area contributed by atoms with Gasteiger partial charge in [0.2, 0.25) is 5.91 Å². The topological polar surface area (TPSA) is 86.2 Å². The largest absolute Gasteiger partial charge is 0.394 e. The van der Waals surface area contributed by atoms with Crippen LogP contribution in [0.15, 0.2) is 43.0 Å². The Morgan fingerprint density at radius 2 is 2.19 bits per heavy atom. The van der Waals surface area contributed by atoms with E-state index in [0.29, 0.717) is 6.61 Å². The molecule has 1 aliphatic heterocycles. The van der Waals surface area contributed by atoms with Crippen molar-refractivity contribution in [3.8, 4) is 0 Å². The van der Waals surface area contributed by atoms with Gasteiger partial charge in [0.15, 0.2) is 12.6 Å². The number of amides is 1. The summed E-state index contributed by atoms with van der Waals surface area (Å²) in [6, 6.07) is 8.95. The van der Waals surface area contributed by atoms with E-state index in [1.807, 2.05) is 37.3 Å². The lowest BCUT2D eigenvalue weighted by atomic mass is 10.1. The maximum absolute atomic E-state index is 11.3. The first-order chi connectivity index (χ1) is 12.5. The third kappa shape index (κ3) is 5.89. The standard InChI is InChI=1S/C19H27NO6/c1-4-10-23-19(16(11-21)20-14(3)22)26-17-12-24-18(25-13(17)2)15-8-6-5-7-9-15/h4-9,13,16-19,21H,1,10-12H2,2-3H3,(H,20,22)/t13-,16+,17?,18?,19?/m1/s1. The fourth-order valence-electron chi connectivity index (χ4n) is 2.62. The molecule has 1 amide bonds. The molecule has 0 bridgehead atoms. The lowest BCUT2D eigenvalue weighted by molar-refractivity contribution is -0.294. The number of rotatable bonds is 9. The van der Waals surface area contributed by atoms with E-state index in [9.17, 15) is 9.90 Å². The second kappa shape index (κ2) is 10.4. The van der Waals surface area contributed by atoms with Gasteiger partial charge >= 0.3 is 0 Å². The molecule has 2 N–H and O–H groups in total. The molecule has 1 heterocycles. The number of carbonyl (C=O) groups excluding carboxylic acids is 1. The van der Waals surface area contributed by atoms with Crippen LogP contribution in [0.1, 0.15) is 25.7 Å². The van der Waals surface area contributed by atoms with E-state index >= 15 is 0 Å². The summed E-state index contributed by atoms with van der Waals surface area (Å²) in [6.07, 6.45) is -0.410. The van der Waals surface area contributed by atoms with Crippen LogP contribution in [-0.4, -0.2) is 55.4 Å². The number of hydrogen-bond donors (Lipinski definition) is 2. The van der Waals surface area contributed by atoms with Gasteiger partial charge in [0, 0.05) is 12.5 Å². The molecule has 1 aliphatic rings. The maximum Gasteiger partial charge on any atom is 0.217 e. The van der Waals surface area contributed by atoms with Crippen molar-refractivity contribution in [2.24, 2.45) is 0 Å². The van der Waals surface area contributed by atoms with Crippen molar-refractivity contribution < 1.29 is 28.8 Å². The molecule has 7 heteroatoms. The van der Waals surface area contributed by atoms with Crippen LogP contribution in [0.5, 0.6) is 0 Å². The van der Waals surface area contributed by atoms with Crippen LogP contribution in [0, 0.1) is 0 Å². The second-order valence-electron chi connectivity index (χ2n) is 6.07. The van der Waals surface area contributed by atoms with E-state index in [4.69, 9.17) is 18.9 Å². The van der Waals surface area contributed by atoms with Gasteiger partial charge < -0.3 is 29.4 Å². The first-order valence-corrected chi connectivity index (χ1v) is 8.63. The van der Waals surface area contributed by atoms with E-state index < -0.39 is 24.7 Å². The molecule has 1 aromatic rings. The molecule has 1 saturated heterocycles. The fraction of sp³-hybridized carbons (Fsp3) is 0.526.